The molecule has 1 unspecified atom stereocenters. The summed E-state index contributed by atoms with van der Waals surface area (Å²) in [5.41, 5.74) is 1.23. The minimum atomic E-state index is -0.443. The Morgan fingerprint density at radius 3 is 2.61 bits per heavy atom. The second kappa shape index (κ2) is 5.27. The number of hydrogen-bond donors (Lipinski definition) is 2. The van der Waals surface area contributed by atoms with Crippen LogP contribution >= 0.6 is 11.6 Å². The Hall–Kier alpha value is -1.74. The molecular weight excluding hydrogens is 253 g/mol. The Kier molecular flexibility index (Phi) is 3.72. The smallest absolute Gasteiger partial charge is 0.132 e. The van der Waals surface area contributed by atoms with Crippen molar-refractivity contribution < 1.29 is 9.50 Å². The van der Waals surface area contributed by atoms with Gasteiger partial charge in [0, 0.05) is 11.6 Å². The van der Waals surface area contributed by atoms with Gasteiger partial charge in [-0.15, -0.1) is 0 Å². The first-order valence-corrected chi connectivity index (χ1v) is 5.95. The quantitative estimate of drug-likeness (QED) is 0.864. The van der Waals surface area contributed by atoms with E-state index in [0.29, 0.717) is 10.6 Å². The van der Waals surface area contributed by atoms with Crippen LogP contribution in [0.25, 0.3) is 0 Å². The van der Waals surface area contributed by atoms with Crippen LogP contribution in [0.2, 0.25) is 5.02 Å². The number of rotatable bonds is 3. The maximum Gasteiger partial charge on any atom is 0.132 e. The molecule has 0 saturated carbocycles. The van der Waals surface area contributed by atoms with Crippen molar-refractivity contribution in [2.75, 3.05) is 5.32 Å². The van der Waals surface area contributed by atoms with E-state index in [9.17, 15) is 9.50 Å². The molecule has 2 aromatic rings. The summed E-state index contributed by atoms with van der Waals surface area (Å²) in [7, 11) is 0. The topological polar surface area (TPSA) is 32.3 Å². The van der Waals surface area contributed by atoms with E-state index in [2.05, 4.69) is 5.32 Å². The van der Waals surface area contributed by atoms with Gasteiger partial charge in [-0.2, -0.15) is 0 Å². The number of halogens is 2. The third kappa shape index (κ3) is 2.74. The highest BCUT2D eigenvalue weighted by Crippen LogP contribution is 2.27. The van der Waals surface area contributed by atoms with E-state index in [-0.39, 0.29) is 11.8 Å². The molecule has 2 rings (SSSR count). The Morgan fingerprint density at radius 1 is 1.22 bits per heavy atom. The van der Waals surface area contributed by atoms with Crippen molar-refractivity contribution in [3.05, 3.63) is 58.9 Å². The van der Waals surface area contributed by atoms with Crippen molar-refractivity contribution in [3.63, 3.8) is 0 Å². The van der Waals surface area contributed by atoms with Crippen molar-refractivity contribution in [1.29, 1.82) is 0 Å². The van der Waals surface area contributed by atoms with Gasteiger partial charge in [0.05, 0.1) is 16.8 Å². The molecule has 4 heteroatoms. The van der Waals surface area contributed by atoms with Gasteiger partial charge in [0.15, 0.2) is 0 Å². The lowest BCUT2D eigenvalue weighted by Gasteiger charge is -2.17. The molecule has 0 aromatic heterocycles. The van der Waals surface area contributed by atoms with E-state index in [0.717, 1.165) is 11.8 Å². The molecule has 0 heterocycles. The van der Waals surface area contributed by atoms with Crippen LogP contribution in [0, 0.1) is 5.82 Å². The molecule has 1 atom stereocenters. The highest BCUT2D eigenvalue weighted by molar-refractivity contribution is 6.33. The number of hydrogen-bond acceptors (Lipinski definition) is 2. The van der Waals surface area contributed by atoms with E-state index in [1.807, 2.05) is 25.1 Å². The van der Waals surface area contributed by atoms with Crippen LogP contribution in [0.15, 0.2) is 42.5 Å². The normalized spacial score (nSPS) is 12.2. The molecule has 2 N–H and O–H groups in total. The molecule has 0 amide bonds. The van der Waals surface area contributed by atoms with Gasteiger partial charge in [0.2, 0.25) is 0 Å². The maximum atomic E-state index is 13.7. The maximum absolute atomic E-state index is 13.7. The van der Waals surface area contributed by atoms with Gasteiger partial charge in [0.25, 0.3) is 0 Å². The number of phenolic OH excluding ortho intramolecular Hbond substituents is 1. The van der Waals surface area contributed by atoms with Crippen molar-refractivity contribution >= 4 is 17.3 Å². The average Bonchev–Trinajstić information content (AvgIpc) is 2.32. The molecule has 94 valence electrons. The Morgan fingerprint density at radius 2 is 1.94 bits per heavy atom. The molecule has 0 aliphatic rings. The van der Waals surface area contributed by atoms with Crippen molar-refractivity contribution in [1.82, 2.24) is 0 Å². The van der Waals surface area contributed by atoms with Gasteiger partial charge >= 0.3 is 0 Å². The molecule has 0 spiro atoms. The van der Waals surface area contributed by atoms with Gasteiger partial charge < -0.3 is 10.4 Å². The summed E-state index contributed by atoms with van der Waals surface area (Å²) >= 11 is 6.02. The fourth-order valence-electron chi connectivity index (χ4n) is 1.76. The van der Waals surface area contributed by atoms with Crippen LogP contribution < -0.4 is 5.32 Å². The van der Waals surface area contributed by atoms with E-state index in [4.69, 9.17) is 11.6 Å². The summed E-state index contributed by atoms with van der Waals surface area (Å²) in [5, 5.41) is 12.9. The summed E-state index contributed by atoms with van der Waals surface area (Å²) in [6, 6.07) is 11.2. The SMILES string of the molecule is CC(Nc1ccccc1Cl)c1ccc(O)cc1F. The van der Waals surface area contributed by atoms with Gasteiger partial charge in [-0.25, -0.2) is 4.39 Å². The fourth-order valence-corrected chi connectivity index (χ4v) is 1.95. The predicted octanol–water partition coefficient (Wildman–Crippen LogP) is 4.36. The minimum absolute atomic E-state index is 0.0822. The van der Waals surface area contributed by atoms with E-state index in [1.54, 1.807) is 12.1 Å². The number of benzene rings is 2. The van der Waals surface area contributed by atoms with Gasteiger partial charge in [0.1, 0.15) is 11.6 Å². The summed E-state index contributed by atoms with van der Waals surface area (Å²) in [5.74, 6) is -0.525. The third-order valence-electron chi connectivity index (χ3n) is 2.70. The summed E-state index contributed by atoms with van der Waals surface area (Å²) in [6.45, 7) is 1.83. The Labute approximate surface area is 110 Å². The Balaban J connectivity index is 2.22. The summed E-state index contributed by atoms with van der Waals surface area (Å²) in [4.78, 5) is 0. The van der Waals surface area contributed by atoms with E-state index < -0.39 is 5.82 Å². The number of nitrogens with one attached hydrogen (secondary N) is 1. The number of aromatic hydroxyl groups is 1. The number of phenols is 1. The zero-order valence-electron chi connectivity index (χ0n) is 9.82. The Bertz CT molecular complexity index is 559. The molecule has 0 aliphatic carbocycles. The lowest BCUT2D eigenvalue weighted by molar-refractivity contribution is 0.467. The van der Waals surface area contributed by atoms with Gasteiger partial charge in [-0.05, 0) is 25.1 Å². The van der Waals surface area contributed by atoms with E-state index >= 15 is 0 Å². The number of para-hydroxylation sites is 1. The van der Waals surface area contributed by atoms with E-state index in [1.165, 1.54) is 6.07 Å². The fraction of sp³-hybridized carbons (Fsp3) is 0.143. The lowest BCUT2D eigenvalue weighted by atomic mass is 10.1. The summed E-state index contributed by atoms with van der Waals surface area (Å²) < 4.78 is 13.7. The monoisotopic (exact) mass is 265 g/mol. The molecule has 0 aliphatic heterocycles. The van der Waals surface area contributed by atoms with Crippen LogP contribution in [0.3, 0.4) is 0 Å². The van der Waals surface area contributed by atoms with Crippen LogP contribution in [-0.4, -0.2) is 5.11 Å². The first-order chi connectivity index (χ1) is 8.58. The lowest BCUT2D eigenvalue weighted by Crippen LogP contribution is -2.08. The average molecular weight is 266 g/mol. The van der Waals surface area contributed by atoms with Crippen LogP contribution in [0.4, 0.5) is 10.1 Å². The molecule has 18 heavy (non-hydrogen) atoms. The van der Waals surface area contributed by atoms with Crippen LogP contribution in [-0.2, 0) is 0 Å². The summed E-state index contributed by atoms with van der Waals surface area (Å²) in [6.07, 6.45) is 0. The first-order valence-electron chi connectivity index (χ1n) is 5.57. The molecule has 2 nitrogen and oxygen atoms in total. The standard InChI is InChI=1S/C14H13ClFNO/c1-9(11-7-6-10(18)8-13(11)16)17-14-5-3-2-4-12(14)15/h2-9,17-18H,1H3. The largest absolute Gasteiger partial charge is 0.508 e. The van der Waals surface area contributed by atoms with Crippen molar-refractivity contribution in [2.24, 2.45) is 0 Å². The molecule has 0 saturated heterocycles. The molecule has 0 radical (unpaired) electrons. The van der Waals surface area contributed by atoms with Gasteiger partial charge in [-0.3, -0.25) is 0 Å². The van der Waals surface area contributed by atoms with Crippen molar-refractivity contribution in [3.8, 4) is 5.75 Å². The van der Waals surface area contributed by atoms with Crippen LogP contribution in [0.5, 0.6) is 5.75 Å². The second-order valence-electron chi connectivity index (χ2n) is 4.05. The zero-order chi connectivity index (χ0) is 13.1. The minimum Gasteiger partial charge on any atom is -0.508 e. The predicted molar refractivity (Wildman–Crippen MR) is 71.6 cm³/mol. The first kappa shape index (κ1) is 12.7. The molecule has 2 aromatic carbocycles. The van der Waals surface area contributed by atoms with Crippen LogP contribution in [0.1, 0.15) is 18.5 Å². The third-order valence-corrected chi connectivity index (χ3v) is 3.03. The zero-order valence-corrected chi connectivity index (χ0v) is 10.6. The van der Waals surface area contributed by atoms with Crippen molar-refractivity contribution in [2.45, 2.75) is 13.0 Å². The highest BCUT2D eigenvalue weighted by atomic mass is 35.5. The second-order valence-corrected chi connectivity index (χ2v) is 4.46. The van der Waals surface area contributed by atoms with Gasteiger partial charge in [-0.1, -0.05) is 29.8 Å². The molecule has 0 bridgehead atoms. The highest BCUT2D eigenvalue weighted by Gasteiger charge is 2.12. The molecular formula is C14H13ClFNO. The number of anilines is 1. The molecule has 0 fully saturated rings.